The summed E-state index contributed by atoms with van der Waals surface area (Å²) in [6.07, 6.45) is 7.99. The van der Waals surface area contributed by atoms with Gasteiger partial charge in [0.05, 0.1) is 0 Å². The fraction of sp³-hybridized carbons (Fsp3) is 0.0476. The normalized spacial score (nSPS) is 10.7. The van der Waals surface area contributed by atoms with Crippen LogP contribution in [0.1, 0.15) is 22.8 Å². The number of aromatic nitrogens is 2. The summed E-state index contributed by atoms with van der Waals surface area (Å²) in [7, 11) is 0. The molecular formula is C21H16FN3O2. The third-order valence-electron chi connectivity index (χ3n) is 3.71. The van der Waals surface area contributed by atoms with Crippen LogP contribution in [0, 0.1) is 5.82 Å². The molecule has 1 N–H and O–H groups in total. The van der Waals surface area contributed by atoms with Crippen LogP contribution in [0.5, 0.6) is 0 Å². The number of rotatable bonds is 5. The molecule has 1 amide bonds. The zero-order valence-electron chi connectivity index (χ0n) is 14.5. The average molecular weight is 361 g/mol. The molecule has 134 valence electrons. The van der Waals surface area contributed by atoms with Crippen LogP contribution >= 0.6 is 0 Å². The Kier molecular flexibility index (Phi) is 5.47. The highest BCUT2D eigenvalue weighted by Crippen LogP contribution is 2.22. The summed E-state index contributed by atoms with van der Waals surface area (Å²) in [5.74, 6) is -0.359. The summed E-state index contributed by atoms with van der Waals surface area (Å²) < 4.78 is 12.9. The first-order chi connectivity index (χ1) is 13.0. The maximum absolute atomic E-state index is 12.9. The predicted octanol–water partition coefficient (Wildman–Crippen LogP) is 4.14. The van der Waals surface area contributed by atoms with E-state index in [0.29, 0.717) is 11.4 Å². The lowest BCUT2D eigenvalue weighted by molar-refractivity contribution is -0.114. The molecule has 0 radical (unpaired) electrons. The second kappa shape index (κ2) is 8.14. The van der Waals surface area contributed by atoms with Crippen molar-refractivity contribution in [3.8, 4) is 11.1 Å². The van der Waals surface area contributed by atoms with Crippen LogP contribution in [0.3, 0.4) is 0 Å². The molecule has 3 rings (SSSR count). The van der Waals surface area contributed by atoms with Gasteiger partial charge in [0.1, 0.15) is 11.6 Å². The van der Waals surface area contributed by atoms with Gasteiger partial charge in [0.25, 0.3) is 0 Å². The molecule has 0 fully saturated rings. The standard InChI is InChI=1S/C21H16FN3O2/c1-14(26)25-21-11-17(8-9-24-21)18-10-15(12-23-13-18)2-7-20(27)16-3-5-19(22)6-4-16/h2-13H,1H3,(H,24,25,26)/b7-2+. The number of carbonyl (C=O) groups is 2. The lowest BCUT2D eigenvalue weighted by Gasteiger charge is -2.05. The zero-order valence-corrected chi connectivity index (χ0v) is 14.5. The number of benzene rings is 1. The third kappa shape index (κ3) is 4.92. The Morgan fingerprint density at radius 3 is 2.56 bits per heavy atom. The molecule has 0 saturated heterocycles. The van der Waals surface area contributed by atoms with Crippen LogP contribution < -0.4 is 5.32 Å². The fourth-order valence-electron chi connectivity index (χ4n) is 2.45. The molecule has 1 aromatic carbocycles. The van der Waals surface area contributed by atoms with Crippen LogP contribution in [-0.2, 0) is 4.79 Å². The molecule has 0 aliphatic carbocycles. The molecule has 0 spiro atoms. The smallest absolute Gasteiger partial charge is 0.222 e. The van der Waals surface area contributed by atoms with Gasteiger partial charge in [0.15, 0.2) is 5.78 Å². The van der Waals surface area contributed by atoms with E-state index in [9.17, 15) is 14.0 Å². The van der Waals surface area contributed by atoms with Crippen LogP contribution in [0.25, 0.3) is 17.2 Å². The number of allylic oxidation sites excluding steroid dienone is 1. The SMILES string of the molecule is CC(=O)Nc1cc(-c2cncc(/C=C/C(=O)c3ccc(F)cc3)c2)ccn1. The highest BCUT2D eigenvalue weighted by atomic mass is 19.1. The number of halogens is 1. The molecule has 0 unspecified atom stereocenters. The van der Waals surface area contributed by atoms with Gasteiger partial charge in [0.2, 0.25) is 5.91 Å². The van der Waals surface area contributed by atoms with Crippen molar-refractivity contribution in [3.63, 3.8) is 0 Å². The number of amides is 1. The van der Waals surface area contributed by atoms with Crippen molar-refractivity contribution < 1.29 is 14.0 Å². The van der Waals surface area contributed by atoms with Crippen molar-refractivity contribution >= 4 is 23.6 Å². The molecule has 0 bridgehead atoms. The van der Waals surface area contributed by atoms with Crippen LogP contribution in [-0.4, -0.2) is 21.7 Å². The van der Waals surface area contributed by atoms with E-state index in [1.54, 1.807) is 36.8 Å². The maximum atomic E-state index is 12.9. The Labute approximate surface area is 155 Å². The van der Waals surface area contributed by atoms with E-state index in [1.807, 2.05) is 6.07 Å². The number of anilines is 1. The van der Waals surface area contributed by atoms with E-state index in [0.717, 1.165) is 16.7 Å². The van der Waals surface area contributed by atoms with Crippen LogP contribution in [0.2, 0.25) is 0 Å². The third-order valence-corrected chi connectivity index (χ3v) is 3.71. The number of nitrogens with one attached hydrogen (secondary N) is 1. The number of pyridine rings is 2. The van der Waals surface area contributed by atoms with Gasteiger partial charge in [0, 0.05) is 36.6 Å². The van der Waals surface area contributed by atoms with Crippen molar-refractivity contribution in [2.45, 2.75) is 6.92 Å². The first kappa shape index (κ1) is 18.1. The molecule has 6 heteroatoms. The Hall–Kier alpha value is -3.67. The topological polar surface area (TPSA) is 72.0 Å². The highest BCUT2D eigenvalue weighted by Gasteiger charge is 2.04. The molecule has 0 saturated carbocycles. The van der Waals surface area contributed by atoms with E-state index in [4.69, 9.17) is 0 Å². The van der Waals surface area contributed by atoms with Gasteiger partial charge in [-0.25, -0.2) is 9.37 Å². The summed E-state index contributed by atoms with van der Waals surface area (Å²) in [6.45, 7) is 1.42. The van der Waals surface area contributed by atoms with Gasteiger partial charge in [-0.1, -0.05) is 0 Å². The molecular weight excluding hydrogens is 345 g/mol. The van der Waals surface area contributed by atoms with Crippen LogP contribution in [0.4, 0.5) is 10.2 Å². The van der Waals surface area contributed by atoms with E-state index in [1.165, 1.54) is 37.3 Å². The first-order valence-corrected chi connectivity index (χ1v) is 8.18. The fourth-order valence-corrected chi connectivity index (χ4v) is 2.45. The molecule has 2 heterocycles. The van der Waals surface area contributed by atoms with Gasteiger partial charge >= 0.3 is 0 Å². The highest BCUT2D eigenvalue weighted by molar-refractivity contribution is 6.06. The number of hydrogen-bond acceptors (Lipinski definition) is 4. The minimum atomic E-state index is -0.386. The van der Waals surface area contributed by atoms with Crippen molar-refractivity contribution in [1.82, 2.24) is 9.97 Å². The summed E-state index contributed by atoms with van der Waals surface area (Å²) in [5.41, 5.74) is 2.80. The molecule has 27 heavy (non-hydrogen) atoms. The monoisotopic (exact) mass is 361 g/mol. The molecule has 2 aromatic heterocycles. The minimum Gasteiger partial charge on any atom is -0.311 e. The van der Waals surface area contributed by atoms with Gasteiger partial charge in [-0.05, 0) is 65.7 Å². The molecule has 5 nitrogen and oxygen atoms in total. The molecule has 0 aliphatic rings. The summed E-state index contributed by atoms with van der Waals surface area (Å²) in [4.78, 5) is 31.6. The first-order valence-electron chi connectivity index (χ1n) is 8.18. The van der Waals surface area contributed by atoms with Gasteiger partial charge in [-0.2, -0.15) is 0 Å². The van der Waals surface area contributed by atoms with E-state index < -0.39 is 0 Å². The maximum Gasteiger partial charge on any atom is 0.222 e. The lowest BCUT2D eigenvalue weighted by atomic mass is 10.1. The van der Waals surface area contributed by atoms with Crippen LogP contribution in [0.15, 0.2) is 67.1 Å². The van der Waals surface area contributed by atoms with E-state index in [-0.39, 0.29) is 17.5 Å². The predicted molar refractivity (Wildman–Crippen MR) is 102 cm³/mol. The van der Waals surface area contributed by atoms with Crippen molar-refractivity contribution in [2.75, 3.05) is 5.32 Å². The van der Waals surface area contributed by atoms with E-state index in [2.05, 4.69) is 15.3 Å². The summed E-state index contributed by atoms with van der Waals surface area (Å²) in [5, 5.41) is 2.64. The van der Waals surface area contributed by atoms with E-state index >= 15 is 0 Å². The molecule has 0 aliphatic heterocycles. The van der Waals surface area contributed by atoms with Crippen molar-refractivity contribution in [3.05, 3.63) is 84.1 Å². The summed E-state index contributed by atoms with van der Waals surface area (Å²) >= 11 is 0. The largest absolute Gasteiger partial charge is 0.311 e. The number of ketones is 1. The second-order valence-electron chi connectivity index (χ2n) is 5.82. The quantitative estimate of drug-likeness (QED) is 0.548. The number of nitrogens with zero attached hydrogens (tertiary/aromatic N) is 2. The average Bonchev–Trinajstić information content (AvgIpc) is 2.66. The number of carbonyl (C=O) groups excluding carboxylic acids is 2. The summed E-state index contributed by atoms with van der Waals surface area (Å²) in [6, 6.07) is 10.8. The Morgan fingerprint density at radius 1 is 1.04 bits per heavy atom. The Bertz CT molecular complexity index is 1010. The van der Waals surface area contributed by atoms with Gasteiger partial charge in [-0.3, -0.25) is 14.6 Å². The zero-order chi connectivity index (χ0) is 19.2. The number of hydrogen-bond donors (Lipinski definition) is 1. The van der Waals surface area contributed by atoms with Crippen molar-refractivity contribution in [2.24, 2.45) is 0 Å². The Morgan fingerprint density at radius 2 is 1.81 bits per heavy atom. The lowest BCUT2D eigenvalue weighted by Crippen LogP contribution is -2.07. The minimum absolute atomic E-state index is 0.200. The van der Waals surface area contributed by atoms with Gasteiger partial charge in [-0.15, -0.1) is 0 Å². The Balaban J connectivity index is 1.80. The van der Waals surface area contributed by atoms with Gasteiger partial charge < -0.3 is 5.32 Å². The molecule has 3 aromatic rings. The molecule has 0 atom stereocenters. The second-order valence-corrected chi connectivity index (χ2v) is 5.82. The van der Waals surface area contributed by atoms with Crippen molar-refractivity contribution in [1.29, 1.82) is 0 Å².